The highest BCUT2D eigenvalue weighted by atomic mass is 16.5. The zero-order valence-corrected chi connectivity index (χ0v) is 25.7. The van der Waals surface area contributed by atoms with Crippen molar-refractivity contribution in [2.24, 2.45) is 0 Å². The van der Waals surface area contributed by atoms with Gasteiger partial charge in [0.2, 0.25) is 11.8 Å². The van der Waals surface area contributed by atoms with E-state index in [1.165, 1.54) is 0 Å². The van der Waals surface area contributed by atoms with Gasteiger partial charge in [0.15, 0.2) is 0 Å². The summed E-state index contributed by atoms with van der Waals surface area (Å²) in [6.45, 7) is 4.71. The van der Waals surface area contributed by atoms with E-state index in [-0.39, 0.29) is 38.6 Å². The molecule has 0 aromatic heterocycles. The molecule has 0 saturated carbocycles. The van der Waals surface area contributed by atoms with Crippen LogP contribution in [-0.2, 0) is 46.6 Å². The van der Waals surface area contributed by atoms with Crippen LogP contribution < -0.4 is 10.6 Å². The molecule has 0 fully saturated rings. The minimum atomic E-state index is -1.12. The van der Waals surface area contributed by atoms with Crippen LogP contribution >= 0.6 is 0 Å². The average molecular weight is 597 g/mol. The van der Waals surface area contributed by atoms with E-state index in [1.54, 1.807) is 0 Å². The van der Waals surface area contributed by atoms with Gasteiger partial charge in [-0.15, -0.1) is 0 Å². The number of ether oxygens (including phenoxy) is 3. The van der Waals surface area contributed by atoms with Crippen LogP contribution in [0, 0.1) is 0 Å². The van der Waals surface area contributed by atoms with Gasteiger partial charge in [-0.3, -0.25) is 14.4 Å². The molecule has 0 spiro atoms. The number of carbonyl (C=O) groups excluding carboxylic acids is 4. The van der Waals surface area contributed by atoms with E-state index in [4.69, 9.17) is 14.2 Å². The fourth-order valence-corrected chi connectivity index (χ4v) is 4.21. The molecular weight excluding hydrogens is 548 g/mol. The van der Waals surface area contributed by atoms with Crippen molar-refractivity contribution in [1.29, 1.82) is 0 Å². The maximum atomic E-state index is 13.4. The Morgan fingerprint density at radius 1 is 0.674 bits per heavy atom. The molecule has 9 heteroatoms. The third kappa shape index (κ3) is 15.9. The largest absolute Gasteiger partial charge is 0.461 e. The van der Waals surface area contributed by atoms with E-state index in [9.17, 15) is 19.2 Å². The molecule has 2 rings (SSSR count). The Morgan fingerprint density at radius 3 is 1.91 bits per heavy atom. The highest BCUT2D eigenvalue weighted by Gasteiger charge is 2.28. The number of amides is 2. The Kier molecular flexibility index (Phi) is 18.1. The molecule has 9 nitrogen and oxygen atoms in total. The quantitative estimate of drug-likeness (QED) is 0.138. The summed E-state index contributed by atoms with van der Waals surface area (Å²) < 4.78 is 16.5. The fourth-order valence-electron chi connectivity index (χ4n) is 4.21. The maximum absolute atomic E-state index is 13.4. The van der Waals surface area contributed by atoms with E-state index >= 15 is 0 Å². The maximum Gasteiger partial charge on any atom is 0.328 e. The molecule has 2 amide bonds. The number of esters is 2. The van der Waals surface area contributed by atoms with Gasteiger partial charge < -0.3 is 24.8 Å². The zero-order valence-electron chi connectivity index (χ0n) is 25.7. The zero-order chi connectivity index (χ0) is 31.1. The van der Waals surface area contributed by atoms with Crippen molar-refractivity contribution in [1.82, 2.24) is 10.6 Å². The molecule has 0 bridgehead atoms. The molecule has 2 aromatic carbocycles. The summed E-state index contributed by atoms with van der Waals surface area (Å²) in [7, 11) is 0. The summed E-state index contributed by atoms with van der Waals surface area (Å²) in [5.41, 5.74) is 1.63. The lowest BCUT2D eigenvalue weighted by Crippen LogP contribution is -2.53. The first-order valence-corrected chi connectivity index (χ1v) is 15.5. The van der Waals surface area contributed by atoms with E-state index in [2.05, 4.69) is 17.6 Å². The van der Waals surface area contributed by atoms with Crippen LogP contribution in [-0.4, -0.2) is 49.1 Å². The Morgan fingerprint density at radius 2 is 1.28 bits per heavy atom. The number of hydrogen-bond acceptors (Lipinski definition) is 7. The van der Waals surface area contributed by atoms with Crippen molar-refractivity contribution in [2.45, 2.75) is 103 Å². The lowest BCUT2D eigenvalue weighted by atomic mass is 10.1. The number of rotatable bonds is 22. The van der Waals surface area contributed by atoms with Gasteiger partial charge in [-0.1, -0.05) is 107 Å². The third-order valence-corrected chi connectivity index (χ3v) is 6.79. The van der Waals surface area contributed by atoms with Crippen molar-refractivity contribution in [3.05, 3.63) is 71.8 Å². The number of carbonyl (C=O) groups is 4. The number of benzene rings is 2. The second-order valence-electron chi connectivity index (χ2n) is 10.6. The Bertz CT molecular complexity index is 1080. The van der Waals surface area contributed by atoms with Gasteiger partial charge in [0.1, 0.15) is 25.3 Å². The van der Waals surface area contributed by atoms with Gasteiger partial charge in [0.25, 0.3) is 0 Å². The van der Waals surface area contributed by atoms with Gasteiger partial charge in [-0.05, 0) is 30.4 Å². The molecule has 2 aromatic rings. The van der Waals surface area contributed by atoms with Crippen molar-refractivity contribution in [2.75, 3.05) is 13.2 Å². The van der Waals surface area contributed by atoms with Crippen molar-refractivity contribution in [3.63, 3.8) is 0 Å². The number of unbranched alkanes of at least 4 members (excludes halogenated alkanes) is 5. The SMILES string of the molecule is CCCCCCCC(=O)N[C@@H](COCCCC)C(=O)N[C@H](CCC(=O)OCc1ccccc1)C(=O)OCc1ccccc1. The normalized spacial score (nSPS) is 12.1. The van der Waals surface area contributed by atoms with Crippen LogP contribution in [0.3, 0.4) is 0 Å². The average Bonchev–Trinajstić information content (AvgIpc) is 3.03. The van der Waals surface area contributed by atoms with Crippen LogP contribution in [0.2, 0.25) is 0 Å². The second-order valence-corrected chi connectivity index (χ2v) is 10.6. The Balaban J connectivity index is 2.03. The van der Waals surface area contributed by atoms with E-state index < -0.39 is 29.9 Å². The highest BCUT2D eigenvalue weighted by molar-refractivity contribution is 5.91. The van der Waals surface area contributed by atoms with E-state index in [0.717, 1.165) is 56.1 Å². The summed E-state index contributed by atoms with van der Waals surface area (Å²) in [4.78, 5) is 51.6. The molecule has 0 saturated heterocycles. The van der Waals surface area contributed by atoms with Crippen LogP contribution in [0.15, 0.2) is 60.7 Å². The van der Waals surface area contributed by atoms with E-state index in [0.29, 0.717) is 13.0 Å². The number of nitrogens with one attached hydrogen (secondary N) is 2. The highest BCUT2D eigenvalue weighted by Crippen LogP contribution is 2.09. The van der Waals surface area contributed by atoms with E-state index in [1.807, 2.05) is 67.6 Å². The first-order chi connectivity index (χ1) is 20.9. The lowest BCUT2D eigenvalue weighted by molar-refractivity contribution is -0.151. The molecule has 236 valence electrons. The van der Waals surface area contributed by atoms with Gasteiger partial charge in [-0.25, -0.2) is 4.79 Å². The summed E-state index contributed by atoms with van der Waals surface area (Å²) in [6.07, 6.45) is 6.89. The van der Waals surface area contributed by atoms with Crippen LogP contribution in [0.4, 0.5) is 0 Å². The van der Waals surface area contributed by atoms with Crippen LogP contribution in [0.5, 0.6) is 0 Å². The predicted molar refractivity (Wildman–Crippen MR) is 165 cm³/mol. The summed E-state index contributed by atoms with van der Waals surface area (Å²) in [6, 6.07) is 16.3. The molecule has 0 aliphatic rings. The predicted octanol–water partition coefficient (Wildman–Crippen LogP) is 5.40. The molecule has 0 heterocycles. The lowest BCUT2D eigenvalue weighted by Gasteiger charge is -2.23. The van der Waals surface area contributed by atoms with Crippen molar-refractivity contribution >= 4 is 23.8 Å². The third-order valence-electron chi connectivity index (χ3n) is 6.79. The summed E-state index contributed by atoms with van der Waals surface area (Å²) in [5.74, 6) is -2.01. The van der Waals surface area contributed by atoms with Crippen molar-refractivity contribution < 1.29 is 33.4 Å². The van der Waals surface area contributed by atoms with Crippen LogP contribution in [0.25, 0.3) is 0 Å². The standard InChI is InChI=1S/C34H48N2O7/c1-3-5-7-8-15-20-31(37)35-30(26-41-23-6-4-2)33(39)36-29(34(40)43-25-28-18-13-10-14-19-28)21-22-32(38)42-24-27-16-11-9-12-17-27/h9-14,16-19,29-30H,3-8,15,20-26H2,1-2H3,(H,35,37)(H,36,39)/t29-,30+/m1/s1. The van der Waals surface area contributed by atoms with Crippen LogP contribution in [0.1, 0.15) is 89.2 Å². The molecule has 2 N–H and O–H groups in total. The second kappa shape index (κ2) is 21.9. The van der Waals surface area contributed by atoms with Gasteiger partial charge >= 0.3 is 11.9 Å². The minimum Gasteiger partial charge on any atom is -0.461 e. The first-order valence-electron chi connectivity index (χ1n) is 15.5. The molecular formula is C34H48N2O7. The first kappa shape index (κ1) is 35.5. The Labute approximate surface area is 256 Å². The number of hydrogen-bond donors (Lipinski definition) is 2. The summed E-state index contributed by atoms with van der Waals surface area (Å²) in [5, 5.41) is 5.47. The fraction of sp³-hybridized carbons (Fsp3) is 0.529. The summed E-state index contributed by atoms with van der Waals surface area (Å²) >= 11 is 0. The molecule has 0 radical (unpaired) electrons. The van der Waals surface area contributed by atoms with Gasteiger partial charge in [0, 0.05) is 19.4 Å². The smallest absolute Gasteiger partial charge is 0.328 e. The molecule has 0 aliphatic carbocycles. The monoisotopic (exact) mass is 596 g/mol. The van der Waals surface area contributed by atoms with Crippen molar-refractivity contribution in [3.8, 4) is 0 Å². The molecule has 2 atom stereocenters. The van der Waals surface area contributed by atoms with Gasteiger partial charge in [-0.2, -0.15) is 0 Å². The Hall–Kier alpha value is -3.72. The topological polar surface area (TPSA) is 120 Å². The molecule has 0 unspecified atom stereocenters. The van der Waals surface area contributed by atoms with Gasteiger partial charge in [0.05, 0.1) is 6.61 Å². The molecule has 43 heavy (non-hydrogen) atoms. The minimum absolute atomic E-state index is 0.0167. The molecule has 0 aliphatic heterocycles.